The Morgan fingerprint density at radius 1 is 0.929 bits per heavy atom. The number of anilines is 1. The molecule has 9 heteroatoms. The van der Waals surface area contributed by atoms with Crippen LogP contribution in [0.5, 0.6) is 11.6 Å². The van der Waals surface area contributed by atoms with E-state index in [1.807, 2.05) is 18.5 Å². The largest absolute Gasteiger partial charge is 0.436 e. The van der Waals surface area contributed by atoms with E-state index < -0.39 is 11.7 Å². The first-order valence-corrected chi connectivity index (χ1v) is 14.3. The number of hydrogen-bond acceptors (Lipinski definition) is 6. The molecule has 0 radical (unpaired) electrons. The number of hydrogen-bond donors (Lipinski definition) is 1. The van der Waals surface area contributed by atoms with Crippen LogP contribution in [0.3, 0.4) is 0 Å². The summed E-state index contributed by atoms with van der Waals surface area (Å²) in [5.41, 5.74) is 7.17. The Kier molecular flexibility index (Phi) is 8.19. The van der Waals surface area contributed by atoms with Crippen molar-refractivity contribution >= 4 is 11.4 Å². The number of ether oxygens (including phenoxy) is 1. The topological polar surface area (TPSA) is 62.6 Å². The predicted octanol–water partition coefficient (Wildman–Crippen LogP) is 7.15. The molecule has 1 fully saturated rings. The van der Waals surface area contributed by atoms with Crippen molar-refractivity contribution in [2.75, 3.05) is 31.5 Å². The number of aryl methyl sites for hydroxylation is 1. The van der Waals surface area contributed by atoms with Crippen molar-refractivity contribution < 1.29 is 17.9 Å². The van der Waals surface area contributed by atoms with Crippen LogP contribution in [-0.4, -0.2) is 52.7 Å². The Balaban J connectivity index is 1.14. The van der Waals surface area contributed by atoms with E-state index in [9.17, 15) is 13.2 Å². The van der Waals surface area contributed by atoms with Crippen LogP contribution < -0.4 is 10.1 Å². The van der Waals surface area contributed by atoms with E-state index >= 15 is 0 Å². The third-order valence-corrected chi connectivity index (χ3v) is 7.70. The third kappa shape index (κ3) is 6.79. The van der Waals surface area contributed by atoms with Crippen molar-refractivity contribution in [3.8, 4) is 22.8 Å². The molecule has 216 valence electrons. The minimum Gasteiger partial charge on any atom is -0.436 e. The Hall–Kier alpha value is -4.24. The minimum atomic E-state index is -2.55. The Morgan fingerprint density at radius 2 is 1.79 bits per heavy atom. The fourth-order valence-electron chi connectivity index (χ4n) is 5.36. The fourth-order valence-corrected chi connectivity index (χ4v) is 5.36. The van der Waals surface area contributed by atoms with Crippen LogP contribution in [0.25, 0.3) is 11.1 Å². The maximum absolute atomic E-state index is 13.9. The molecule has 0 spiro atoms. The van der Waals surface area contributed by atoms with Gasteiger partial charge in [-0.3, -0.25) is 14.9 Å². The molecule has 0 atom stereocenters. The van der Waals surface area contributed by atoms with Gasteiger partial charge >= 0.3 is 0 Å². The predicted molar refractivity (Wildman–Crippen MR) is 158 cm³/mol. The highest BCUT2D eigenvalue weighted by atomic mass is 19.3. The van der Waals surface area contributed by atoms with Crippen LogP contribution in [0.4, 0.5) is 18.9 Å². The van der Waals surface area contributed by atoms with Crippen LogP contribution in [0.2, 0.25) is 0 Å². The van der Waals surface area contributed by atoms with Gasteiger partial charge in [-0.05, 0) is 59.9 Å². The molecule has 0 amide bonds. The second-order valence-corrected chi connectivity index (χ2v) is 10.8. The number of pyridine rings is 2. The van der Waals surface area contributed by atoms with Crippen molar-refractivity contribution in [1.29, 1.82) is 0 Å². The number of aliphatic imine (C=N–C) groups is 1. The van der Waals surface area contributed by atoms with E-state index in [1.54, 1.807) is 30.5 Å². The summed E-state index contributed by atoms with van der Waals surface area (Å²) in [7, 11) is 0. The molecule has 4 heterocycles. The van der Waals surface area contributed by atoms with Crippen molar-refractivity contribution in [3.05, 3.63) is 102 Å². The summed E-state index contributed by atoms with van der Waals surface area (Å²) in [5.74, 6) is -2.56. The number of piperidine rings is 1. The highest BCUT2D eigenvalue weighted by Gasteiger charge is 2.33. The molecule has 1 N–H and O–H groups in total. The van der Waals surface area contributed by atoms with E-state index in [0.717, 1.165) is 53.0 Å². The zero-order valence-corrected chi connectivity index (χ0v) is 23.2. The molecule has 2 aliphatic heterocycles. The Labute approximate surface area is 243 Å². The van der Waals surface area contributed by atoms with Crippen molar-refractivity contribution in [2.45, 2.75) is 38.2 Å². The monoisotopic (exact) mass is 571 g/mol. The van der Waals surface area contributed by atoms with Crippen molar-refractivity contribution in [2.24, 2.45) is 4.99 Å². The lowest BCUT2D eigenvalue weighted by Gasteiger charge is -2.31. The molecule has 1 saturated heterocycles. The lowest BCUT2D eigenvalue weighted by Crippen LogP contribution is -2.38. The summed E-state index contributed by atoms with van der Waals surface area (Å²) in [6, 6.07) is 18.3. The lowest BCUT2D eigenvalue weighted by atomic mass is 9.95. The molecule has 0 aliphatic carbocycles. The van der Waals surface area contributed by atoms with Gasteiger partial charge in [-0.15, -0.1) is 0 Å². The van der Waals surface area contributed by atoms with Gasteiger partial charge in [0.2, 0.25) is 5.88 Å². The van der Waals surface area contributed by atoms with Gasteiger partial charge in [-0.25, -0.2) is 18.2 Å². The number of likely N-dealkylation sites (tertiary alicyclic amines) is 1. The van der Waals surface area contributed by atoms with Crippen molar-refractivity contribution in [3.63, 3.8) is 0 Å². The van der Waals surface area contributed by atoms with Gasteiger partial charge in [0, 0.05) is 68.6 Å². The molecule has 6 rings (SSSR count). The van der Waals surface area contributed by atoms with Crippen LogP contribution in [0.1, 0.15) is 36.0 Å². The summed E-state index contributed by atoms with van der Waals surface area (Å²) in [6.45, 7) is 2.65. The fraction of sp³-hybridized carbons (Fsp3) is 0.303. The molecular weight excluding hydrogens is 539 g/mol. The zero-order chi connectivity index (χ0) is 28.9. The van der Waals surface area contributed by atoms with E-state index in [4.69, 9.17) is 9.73 Å². The average molecular weight is 572 g/mol. The van der Waals surface area contributed by atoms with E-state index in [2.05, 4.69) is 44.5 Å². The Morgan fingerprint density at radius 3 is 2.60 bits per heavy atom. The van der Waals surface area contributed by atoms with E-state index in [1.165, 1.54) is 11.6 Å². The summed E-state index contributed by atoms with van der Waals surface area (Å²) in [5, 5.41) is 3.41. The first-order valence-electron chi connectivity index (χ1n) is 14.3. The molecule has 0 bridgehead atoms. The van der Waals surface area contributed by atoms with Gasteiger partial charge in [0.1, 0.15) is 0 Å². The minimum absolute atomic E-state index is 0.0945. The summed E-state index contributed by atoms with van der Waals surface area (Å²) < 4.78 is 46.6. The van der Waals surface area contributed by atoms with Crippen LogP contribution in [0.15, 0.2) is 84.2 Å². The molecule has 42 heavy (non-hydrogen) atoms. The van der Waals surface area contributed by atoms with E-state index in [0.29, 0.717) is 32.1 Å². The number of para-hydroxylation sites is 1. The number of nitrogens with zero attached hydrogens (tertiary/aromatic N) is 4. The standard InChI is InChI=1S/C33H32F3N5O/c34-29-5-1-2-6-31(29)42-32-10-9-27(20-40-32)39-21-30-28-17-25(8-7-24(28)4-3-13-38-30)26-16-23(18-37-19-26)22-41-14-11-33(35,36)12-15-41/h1-2,5-10,16-20,39H,3-4,11-15,21-22H2. The summed E-state index contributed by atoms with van der Waals surface area (Å²) in [6.07, 6.45) is 7.06. The van der Waals surface area contributed by atoms with Gasteiger partial charge in [0.15, 0.2) is 11.6 Å². The first kappa shape index (κ1) is 27.9. The molecular formula is C33H32F3N5O. The molecule has 0 saturated carbocycles. The quantitative estimate of drug-likeness (QED) is 0.243. The number of fused-ring (bicyclic) bond motifs is 1. The second-order valence-electron chi connectivity index (χ2n) is 10.8. The van der Waals surface area contributed by atoms with Crippen molar-refractivity contribution in [1.82, 2.24) is 14.9 Å². The number of aromatic nitrogens is 2. The number of halogens is 3. The van der Waals surface area contributed by atoms with Gasteiger partial charge in [0.25, 0.3) is 5.92 Å². The normalized spacial score (nSPS) is 16.7. The van der Waals surface area contributed by atoms with Gasteiger partial charge in [-0.1, -0.05) is 24.3 Å². The smallest absolute Gasteiger partial charge is 0.250 e. The number of nitrogens with one attached hydrogen (secondary N) is 1. The second kappa shape index (κ2) is 12.3. The van der Waals surface area contributed by atoms with Gasteiger partial charge < -0.3 is 10.1 Å². The van der Waals surface area contributed by atoms with E-state index in [-0.39, 0.29) is 18.6 Å². The molecule has 2 aromatic carbocycles. The number of benzene rings is 2. The third-order valence-electron chi connectivity index (χ3n) is 7.70. The highest BCUT2D eigenvalue weighted by molar-refractivity contribution is 6.05. The average Bonchev–Trinajstić information content (AvgIpc) is 3.21. The van der Waals surface area contributed by atoms with Gasteiger partial charge in [-0.2, -0.15) is 0 Å². The van der Waals surface area contributed by atoms with Crippen LogP contribution in [0, 0.1) is 5.82 Å². The summed E-state index contributed by atoms with van der Waals surface area (Å²) in [4.78, 5) is 15.7. The first-order chi connectivity index (χ1) is 20.4. The lowest BCUT2D eigenvalue weighted by molar-refractivity contribution is -0.0566. The van der Waals surface area contributed by atoms with Crippen LogP contribution >= 0.6 is 0 Å². The maximum atomic E-state index is 13.9. The number of alkyl halides is 2. The highest BCUT2D eigenvalue weighted by Crippen LogP contribution is 2.30. The zero-order valence-electron chi connectivity index (χ0n) is 23.2. The summed E-state index contributed by atoms with van der Waals surface area (Å²) >= 11 is 0. The SMILES string of the molecule is Fc1ccccc1Oc1ccc(NCC2=NCCCc3ccc(-c4cncc(CN5CCC(F)(F)CC5)c4)cc32)cn1. The number of rotatable bonds is 8. The molecule has 2 aromatic heterocycles. The molecule has 0 unspecified atom stereocenters. The molecule has 4 aromatic rings. The van der Waals surface area contributed by atoms with Gasteiger partial charge in [0.05, 0.1) is 24.1 Å². The Bertz CT molecular complexity index is 1560. The molecule has 2 aliphatic rings. The maximum Gasteiger partial charge on any atom is 0.250 e. The molecule has 6 nitrogen and oxygen atoms in total. The van der Waals surface area contributed by atoms with Crippen LogP contribution in [-0.2, 0) is 13.0 Å².